The molecule has 0 bridgehead atoms. The molecule has 256 valence electrons. The molecule has 46 heavy (non-hydrogen) atoms. The Hall–Kier alpha value is -2.51. The van der Waals surface area contributed by atoms with Crippen LogP contribution < -0.4 is 10.1 Å². The van der Waals surface area contributed by atoms with Gasteiger partial charge >= 0.3 is 6.18 Å². The molecule has 0 unspecified atom stereocenters. The minimum absolute atomic E-state index is 0.0302. The molecule has 1 aromatic carbocycles. The molecule has 2 amide bonds. The Kier molecular flexibility index (Phi) is 10.1. The van der Waals surface area contributed by atoms with Crippen LogP contribution in [0.15, 0.2) is 18.2 Å². The summed E-state index contributed by atoms with van der Waals surface area (Å²) in [6.45, 7) is 4.79. The minimum Gasteiger partial charge on any atom is -0.491 e. The number of ether oxygens (including phenoxy) is 2. The number of hydrogen-bond donors (Lipinski definition) is 1. The molecular weight excluding hydrogens is 611 g/mol. The Morgan fingerprint density at radius 2 is 1.54 bits per heavy atom. The number of carbonyl (C=O) groups excluding carboxylic acids is 2. The van der Waals surface area contributed by atoms with Crippen molar-refractivity contribution in [3.05, 3.63) is 29.3 Å². The lowest BCUT2D eigenvalue weighted by atomic mass is 9.79. The van der Waals surface area contributed by atoms with E-state index in [-0.39, 0.29) is 67.1 Å². The third kappa shape index (κ3) is 7.78. The third-order valence-electron chi connectivity index (χ3n) is 10.9. The van der Waals surface area contributed by atoms with Gasteiger partial charge in [0.2, 0.25) is 11.8 Å². The molecule has 3 saturated heterocycles. The van der Waals surface area contributed by atoms with Gasteiger partial charge < -0.3 is 24.6 Å². The molecule has 6 rings (SSSR count). The van der Waals surface area contributed by atoms with E-state index in [4.69, 9.17) is 9.47 Å². The van der Waals surface area contributed by atoms with E-state index in [2.05, 4.69) is 15.1 Å². The van der Waals surface area contributed by atoms with E-state index >= 15 is 0 Å². The fraction of sp³-hybridized carbons (Fsp3) is 0.758. The Morgan fingerprint density at radius 3 is 2.28 bits per heavy atom. The number of nitrogens with zero attached hydrogens (tertiary/aromatic N) is 3. The molecule has 4 fully saturated rings. The van der Waals surface area contributed by atoms with Crippen LogP contribution in [0.5, 0.6) is 5.75 Å². The van der Waals surface area contributed by atoms with E-state index in [0.717, 1.165) is 44.5 Å². The van der Waals surface area contributed by atoms with Crippen molar-refractivity contribution >= 4 is 11.8 Å². The lowest BCUT2D eigenvalue weighted by molar-refractivity contribution is -0.140. The summed E-state index contributed by atoms with van der Waals surface area (Å²) < 4.78 is 80.4. The summed E-state index contributed by atoms with van der Waals surface area (Å²) in [5.74, 6) is -3.09. The summed E-state index contributed by atoms with van der Waals surface area (Å²) in [7, 11) is 0. The van der Waals surface area contributed by atoms with Crippen LogP contribution in [-0.4, -0.2) is 110 Å². The van der Waals surface area contributed by atoms with E-state index in [0.29, 0.717) is 64.6 Å². The standard InChI is InChI=1S/C33H45F5N4O4/c34-32(35)9-3-25(4-10-32)40-12-6-22-17-30(43)42-14-13-41(26-7-15-45-16-8-26)20-27(42)21-46-29-2-1-24(33(36,37)38)18-28(29)31(44)39-11-5-23(22)19-40/h1-2,18,22-23,25-27H,3-17,19-21H2,(H,39,44)/t22-,23-,27-/m0/s1. The van der Waals surface area contributed by atoms with Gasteiger partial charge in [0.25, 0.3) is 5.91 Å². The molecule has 5 aliphatic rings. The molecule has 8 nitrogen and oxygen atoms in total. The second-order valence-corrected chi connectivity index (χ2v) is 13.7. The molecule has 0 aromatic heterocycles. The Morgan fingerprint density at radius 1 is 0.826 bits per heavy atom. The second kappa shape index (κ2) is 13.9. The number of likely N-dealkylation sites (tertiary alicyclic amines) is 1. The monoisotopic (exact) mass is 656 g/mol. The van der Waals surface area contributed by atoms with Gasteiger partial charge in [0, 0.05) is 77.3 Å². The highest BCUT2D eigenvalue weighted by molar-refractivity contribution is 5.97. The zero-order valence-electron chi connectivity index (χ0n) is 26.2. The smallest absolute Gasteiger partial charge is 0.416 e. The van der Waals surface area contributed by atoms with E-state index in [1.807, 2.05) is 4.90 Å². The van der Waals surface area contributed by atoms with Gasteiger partial charge in [-0.05, 0) is 75.1 Å². The maximum atomic E-state index is 14.0. The number of alkyl halides is 5. The summed E-state index contributed by atoms with van der Waals surface area (Å²) in [6, 6.07) is 2.98. The van der Waals surface area contributed by atoms with Crippen LogP contribution in [0, 0.1) is 11.8 Å². The first-order valence-corrected chi connectivity index (χ1v) is 16.8. The van der Waals surface area contributed by atoms with Crippen LogP contribution in [0.4, 0.5) is 22.0 Å². The Labute approximate surface area is 266 Å². The molecule has 0 spiro atoms. The summed E-state index contributed by atoms with van der Waals surface area (Å²) in [4.78, 5) is 33.9. The molecule has 1 N–H and O–H groups in total. The number of nitrogens with one attached hydrogen (secondary N) is 1. The Bertz CT molecular complexity index is 1230. The lowest BCUT2D eigenvalue weighted by Gasteiger charge is -2.47. The minimum atomic E-state index is -4.63. The maximum absolute atomic E-state index is 14.0. The normalized spacial score (nSPS) is 29.9. The van der Waals surface area contributed by atoms with Gasteiger partial charge in [-0.1, -0.05) is 0 Å². The number of piperidine rings is 1. The van der Waals surface area contributed by atoms with Crippen molar-refractivity contribution in [3.8, 4) is 5.75 Å². The van der Waals surface area contributed by atoms with Gasteiger partial charge in [-0.25, -0.2) is 8.78 Å². The predicted octanol–water partition coefficient (Wildman–Crippen LogP) is 4.82. The molecule has 1 aliphatic carbocycles. The van der Waals surface area contributed by atoms with Gasteiger partial charge in [0.05, 0.1) is 17.2 Å². The topological polar surface area (TPSA) is 74.4 Å². The number of benzene rings is 1. The van der Waals surface area contributed by atoms with Crippen LogP contribution >= 0.6 is 0 Å². The number of fused-ring (bicyclic) bond motifs is 3. The SMILES string of the molecule is O=C1NCC[C@H]2CN(C3CCC(F)(F)CC3)CC[C@H]2CC(=O)N2CCN(C3CCOCC3)C[C@H]2COc2ccc(C(F)(F)F)cc21. The van der Waals surface area contributed by atoms with Crippen LogP contribution in [0.2, 0.25) is 0 Å². The summed E-state index contributed by atoms with van der Waals surface area (Å²) in [6.07, 6.45) is -0.611. The fourth-order valence-corrected chi connectivity index (χ4v) is 8.16. The number of amides is 2. The number of carbonyl (C=O) groups is 2. The molecule has 0 radical (unpaired) electrons. The molecule has 13 heteroatoms. The first-order chi connectivity index (χ1) is 22.0. The molecular formula is C33H45F5N4O4. The third-order valence-corrected chi connectivity index (χ3v) is 10.9. The lowest BCUT2D eigenvalue weighted by Crippen LogP contribution is -2.60. The zero-order valence-corrected chi connectivity index (χ0v) is 26.2. The van der Waals surface area contributed by atoms with Crippen LogP contribution in [0.1, 0.15) is 73.7 Å². The van der Waals surface area contributed by atoms with Crippen molar-refractivity contribution in [2.75, 3.05) is 59.1 Å². The van der Waals surface area contributed by atoms with Crippen molar-refractivity contribution in [1.29, 1.82) is 0 Å². The number of halogens is 5. The zero-order chi connectivity index (χ0) is 32.5. The van der Waals surface area contributed by atoms with Gasteiger partial charge in [0.15, 0.2) is 0 Å². The molecule has 3 atom stereocenters. The number of hydrogen-bond acceptors (Lipinski definition) is 6. The molecule has 4 heterocycles. The van der Waals surface area contributed by atoms with E-state index < -0.39 is 23.6 Å². The second-order valence-electron chi connectivity index (χ2n) is 13.7. The molecule has 1 saturated carbocycles. The number of rotatable bonds is 2. The quantitative estimate of drug-likeness (QED) is 0.461. The van der Waals surface area contributed by atoms with Gasteiger partial charge in [-0.15, -0.1) is 0 Å². The summed E-state index contributed by atoms with van der Waals surface area (Å²) in [5, 5.41) is 2.81. The van der Waals surface area contributed by atoms with Gasteiger partial charge in [-0.2, -0.15) is 13.2 Å². The van der Waals surface area contributed by atoms with Gasteiger partial charge in [-0.3, -0.25) is 14.5 Å². The number of piperazine rings is 1. The first-order valence-electron chi connectivity index (χ1n) is 16.8. The largest absolute Gasteiger partial charge is 0.491 e. The van der Waals surface area contributed by atoms with E-state index in [1.165, 1.54) is 6.07 Å². The summed E-state index contributed by atoms with van der Waals surface area (Å²) >= 11 is 0. The van der Waals surface area contributed by atoms with Crippen LogP contribution in [0.25, 0.3) is 0 Å². The molecule has 1 aromatic rings. The van der Waals surface area contributed by atoms with Crippen LogP contribution in [-0.2, 0) is 15.7 Å². The van der Waals surface area contributed by atoms with E-state index in [1.54, 1.807) is 0 Å². The average Bonchev–Trinajstić information content (AvgIpc) is 3.04. The van der Waals surface area contributed by atoms with Crippen molar-refractivity contribution in [2.45, 2.75) is 88.0 Å². The highest BCUT2D eigenvalue weighted by atomic mass is 19.4. The highest BCUT2D eigenvalue weighted by Gasteiger charge is 2.42. The highest BCUT2D eigenvalue weighted by Crippen LogP contribution is 2.39. The van der Waals surface area contributed by atoms with Gasteiger partial charge in [0.1, 0.15) is 12.4 Å². The van der Waals surface area contributed by atoms with Crippen LogP contribution in [0.3, 0.4) is 0 Å². The van der Waals surface area contributed by atoms with Crippen molar-refractivity contribution in [3.63, 3.8) is 0 Å². The predicted molar refractivity (Wildman–Crippen MR) is 160 cm³/mol. The first kappa shape index (κ1) is 33.4. The molecule has 4 aliphatic heterocycles. The van der Waals surface area contributed by atoms with Crippen molar-refractivity contribution in [1.82, 2.24) is 20.0 Å². The van der Waals surface area contributed by atoms with Crippen molar-refractivity contribution < 1.29 is 41.0 Å². The summed E-state index contributed by atoms with van der Waals surface area (Å²) in [5.41, 5.74) is -1.13. The van der Waals surface area contributed by atoms with E-state index in [9.17, 15) is 31.5 Å². The average molecular weight is 657 g/mol. The Balaban J connectivity index is 1.25. The maximum Gasteiger partial charge on any atom is 0.416 e. The fourth-order valence-electron chi connectivity index (χ4n) is 8.16. The van der Waals surface area contributed by atoms with Crippen molar-refractivity contribution in [2.24, 2.45) is 11.8 Å².